The summed E-state index contributed by atoms with van der Waals surface area (Å²) in [7, 11) is -1.47. The van der Waals surface area contributed by atoms with E-state index in [0.29, 0.717) is 0 Å². The first-order valence-electron chi connectivity index (χ1n) is 24.5. The standard InChI is InChI=1S/C67H48Si/c1-66(2)57-22-11-8-17-44(57)46-28-26-39(34-59(46)66)63-52-30-25-38(41-31-32-51-43-16-7-6-15-42(43)50-21-14-20-49(41)65(50)51)33-54(52)64(40-27-29-47-45-18-9-12-23-58(45)67(3,4)60(47)35-40)56-37-62-53(36-55(56)63)48-19-10-13-24-61(48)68(62)5/h6-37,68H,1-5H3. The number of benzene rings is 11. The van der Waals surface area contributed by atoms with Crippen molar-refractivity contribution < 1.29 is 0 Å². The quantitative estimate of drug-likeness (QED) is 0.123. The molecule has 0 saturated carbocycles. The first-order chi connectivity index (χ1) is 33.2. The fraction of sp³-hybridized carbons (Fsp3) is 0.104. The van der Waals surface area contributed by atoms with Gasteiger partial charge in [0.25, 0.3) is 0 Å². The average Bonchev–Trinajstić information content (AvgIpc) is 4.01. The summed E-state index contributed by atoms with van der Waals surface area (Å²) in [6, 6.07) is 75.4. The molecule has 68 heavy (non-hydrogen) atoms. The summed E-state index contributed by atoms with van der Waals surface area (Å²) in [5, 5.41) is 11.1. The van der Waals surface area contributed by atoms with Crippen LogP contribution in [0, 0.1) is 0 Å². The molecule has 11 aromatic carbocycles. The van der Waals surface area contributed by atoms with Crippen LogP contribution in [0.4, 0.5) is 0 Å². The molecule has 0 aromatic heterocycles. The maximum absolute atomic E-state index is 2.66. The van der Waals surface area contributed by atoms with Crippen molar-refractivity contribution in [2.75, 3.05) is 0 Å². The Morgan fingerprint density at radius 2 is 0.750 bits per heavy atom. The molecular formula is C67H48Si. The summed E-state index contributed by atoms with van der Waals surface area (Å²) in [4.78, 5) is 0. The van der Waals surface area contributed by atoms with E-state index in [2.05, 4.69) is 228 Å². The molecule has 0 spiro atoms. The van der Waals surface area contributed by atoms with Crippen molar-refractivity contribution in [1.29, 1.82) is 0 Å². The maximum Gasteiger partial charge on any atom is 0.101 e. The fourth-order valence-corrected chi connectivity index (χ4v) is 16.3. The van der Waals surface area contributed by atoms with Gasteiger partial charge in [0.1, 0.15) is 8.80 Å². The van der Waals surface area contributed by atoms with Crippen LogP contribution in [-0.4, -0.2) is 8.80 Å². The van der Waals surface area contributed by atoms with Gasteiger partial charge >= 0.3 is 0 Å². The molecule has 3 aliphatic carbocycles. The molecule has 4 aliphatic rings. The summed E-state index contributed by atoms with van der Waals surface area (Å²) in [5.74, 6) is 0. The lowest BCUT2D eigenvalue weighted by Crippen LogP contribution is -2.34. The highest BCUT2D eigenvalue weighted by molar-refractivity contribution is 6.88. The molecule has 0 saturated heterocycles. The van der Waals surface area contributed by atoms with Crippen LogP contribution in [0.1, 0.15) is 49.9 Å². The summed E-state index contributed by atoms with van der Waals surface area (Å²) >= 11 is 0. The lowest BCUT2D eigenvalue weighted by molar-refractivity contribution is 0.660. The van der Waals surface area contributed by atoms with Gasteiger partial charge in [0, 0.05) is 10.8 Å². The van der Waals surface area contributed by atoms with Crippen molar-refractivity contribution in [2.45, 2.75) is 45.1 Å². The molecule has 0 amide bonds. The van der Waals surface area contributed by atoms with Crippen molar-refractivity contribution in [3.8, 4) is 89.0 Å². The van der Waals surface area contributed by atoms with Gasteiger partial charge in [-0.2, -0.15) is 0 Å². The number of hydrogen-bond acceptors (Lipinski definition) is 0. The second-order valence-electron chi connectivity index (χ2n) is 21.1. The highest BCUT2D eigenvalue weighted by Crippen LogP contribution is 2.55. The molecule has 0 nitrogen and oxygen atoms in total. The van der Waals surface area contributed by atoms with Crippen LogP contribution in [-0.2, 0) is 10.8 Å². The molecule has 0 N–H and O–H groups in total. The second kappa shape index (κ2) is 13.3. The smallest absolute Gasteiger partial charge is 0.0641 e. The highest BCUT2D eigenvalue weighted by atomic mass is 28.3. The molecule has 0 bridgehead atoms. The van der Waals surface area contributed by atoms with Gasteiger partial charge in [0.05, 0.1) is 0 Å². The Labute approximate surface area is 399 Å². The van der Waals surface area contributed by atoms with Crippen LogP contribution >= 0.6 is 0 Å². The summed E-state index contributed by atoms with van der Waals surface area (Å²) in [6.07, 6.45) is 0. The van der Waals surface area contributed by atoms with Gasteiger partial charge in [0.2, 0.25) is 0 Å². The Hall–Kier alpha value is -7.58. The Morgan fingerprint density at radius 3 is 1.41 bits per heavy atom. The zero-order valence-electron chi connectivity index (χ0n) is 39.1. The lowest BCUT2D eigenvalue weighted by atomic mass is 9.79. The van der Waals surface area contributed by atoms with E-state index >= 15 is 0 Å². The monoisotopic (exact) mass is 880 g/mol. The molecule has 320 valence electrons. The van der Waals surface area contributed by atoms with E-state index in [4.69, 9.17) is 0 Å². The zero-order chi connectivity index (χ0) is 45.4. The van der Waals surface area contributed by atoms with Gasteiger partial charge in [-0.1, -0.05) is 209 Å². The summed E-state index contributed by atoms with van der Waals surface area (Å²) < 4.78 is 0. The van der Waals surface area contributed by atoms with Crippen LogP contribution in [0.15, 0.2) is 194 Å². The first kappa shape index (κ1) is 38.5. The Bertz CT molecular complexity index is 4070. The molecule has 1 unspecified atom stereocenters. The maximum atomic E-state index is 2.66. The van der Waals surface area contributed by atoms with E-state index in [-0.39, 0.29) is 10.8 Å². The Balaban J connectivity index is 1.07. The fourth-order valence-electron chi connectivity index (χ4n) is 13.7. The van der Waals surface area contributed by atoms with Gasteiger partial charge in [-0.25, -0.2) is 0 Å². The minimum atomic E-state index is -1.47. The van der Waals surface area contributed by atoms with Gasteiger partial charge in [-0.05, 0) is 173 Å². The van der Waals surface area contributed by atoms with Crippen molar-refractivity contribution in [2.24, 2.45) is 0 Å². The van der Waals surface area contributed by atoms with Gasteiger partial charge in [-0.3, -0.25) is 0 Å². The van der Waals surface area contributed by atoms with E-state index in [0.717, 1.165) is 0 Å². The number of rotatable bonds is 3. The van der Waals surface area contributed by atoms with Crippen LogP contribution in [0.25, 0.3) is 121 Å². The van der Waals surface area contributed by atoms with E-state index in [1.807, 2.05) is 0 Å². The van der Waals surface area contributed by atoms with Crippen molar-refractivity contribution in [3.05, 3.63) is 216 Å². The SMILES string of the molecule is C[SiH]1c2ccccc2-c2cc3c(-c4ccc5c(c4)C(C)(C)c4ccccc4-5)c4ccc(-c5ccc6c7c(cccc57)-c5ccccc5-6)cc4c(-c4ccc5c(c4)C(C)(C)c4ccccc4-5)c3cc21. The number of hydrogen-bond donors (Lipinski definition) is 0. The summed E-state index contributed by atoms with van der Waals surface area (Å²) in [5.41, 5.74) is 26.7. The van der Waals surface area contributed by atoms with Crippen molar-refractivity contribution in [3.63, 3.8) is 0 Å². The third-order valence-corrected chi connectivity index (χ3v) is 19.9. The third-order valence-electron chi connectivity index (χ3n) is 17.1. The lowest BCUT2D eigenvalue weighted by Gasteiger charge is -2.25. The van der Waals surface area contributed by atoms with Gasteiger partial charge in [-0.15, -0.1) is 0 Å². The molecule has 1 heteroatoms. The molecule has 1 heterocycles. The number of fused-ring (bicyclic) bond motifs is 14. The average molecular weight is 881 g/mol. The topological polar surface area (TPSA) is 0 Å². The van der Waals surface area contributed by atoms with E-state index in [1.54, 1.807) is 10.4 Å². The minimum absolute atomic E-state index is 0.119. The van der Waals surface area contributed by atoms with Crippen LogP contribution < -0.4 is 10.4 Å². The molecule has 15 rings (SSSR count). The molecule has 11 aromatic rings. The highest BCUT2D eigenvalue weighted by Gasteiger charge is 2.38. The molecular weight excluding hydrogens is 833 g/mol. The molecule has 1 aliphatic heterocycles. The van der Waals surface area contributed by atoms with Gasteiger partial charge in [0.15, 0.2) is 0 Å². The van der Waals surface area contributed by atoms with Crippen molar-refractivity contribution in [1.82, 2.24) is 0 Å². The predicted molar refractivity (Wildman–Crippen MR) is 293 cm³/mol. The largest absolute Gasteiger partial charge is 0.101 e. The molecule has 0 radical (unpaired) electrons. The molecule has 1 atom stereocenters. The van der Waals surface area contributed by atoms with Crippen LogP contribution in [0.5, 0.6) is 0 Å². The Morgan fingerprint density at radius 1 is 0.279 bits per heavy atom. The van der Waals surface area contributed by atoms with E-state index < -0.39 is 8.80 Å². The normalized spacial score (nSPS) is 15.8. The third kappa shape index (κ3) is 4.89. The van der Waals surface area contributed by atoms with Crippen LogP contribution in [0.3, 0.4) is 0 Å². The first-order valence-corrected chi connectivity index (χ1v) is 26.8. The van der Waals surface area contributed by atoms with Gasteiger partial charge < -0.3 is 0 Å². The molecule has 0 fully saturated rings. The minimum Gasteiger partial charge on any atom is -0.0641 e. The summed E-state index contributed by atoms with van der Waals surface area (Å²) in [6.45, 7) is 12.2. The Kier molecular flexibility index (Phi) is 7.54. The van der Waals surface area contributed by atoms with Crippen molar-refractivity contribution >= 4 is 51.5 Å². The predicted octanol–water partition coefficient (Wildman–Crippen LogP) is 16.4. The van der Waals surface area contributed by atoms with E-state index in [1.165, 1.54) is 144 Å². The van der Waals surface area contributed by atoms with E-state index in [9.17, 15) is 0 Å². The van der Waals surface area contributed by atoms with Crippen LogP contribution in [0.2, 0.25) is 6.55 Å². The zero-order valence-corrected chi connectivity index (χ0v) is 40.2. The second-order valence-corrected chi connectivity index (χ2v) is 23.8.